The summed E-state index contributed by atoms with van der Waals surface area (Å²) in [6.07, 6.45) is 1.58. The van der Waals surface area contributed by atoms with Crippen LogP contribution in [0.5, 0.6) is 5.75 Å². The number of ether oxygens (including phenoxy) is 1. The monoisotopic (exact) mass is 212 g/mol. The molecule has 1 aliphatic carbocycles. The second-order valence-electron chi connectivity index (χ2n) is 3.42. The molecule has 1 saturated carbocycles. The molecule has 0 bridgehead atoms. The first kappa shape index (κ1) is 9.52. The Bertz CT molecular complexity index is 432. The second kappa shape index (κ2) is 3.28. The minimum Gasteiger partial charge on any atom is -0.497 e. The zero-order valence-corrected chi connectivity index (χ0v) is 8.75. The van der Waals surface area contributed by atoms with Crippen molar-refractivity contribution >= 4 is 9.84 Å². The van der Waals surface area contributed by atoms with Crippen LogP contribution in [0.3, 0.4) is 0 Å². The van der Waals surface area contributed by atoms with E-state index in [4.69, 9.17) is 4.74 Å². The third-order valence-electron chi connectivity index (χ3n) is 2.33. The smallest absolute Gasteiger partial charge is 0.181 e. The lowest BCUT2D eigenvalue weighted by Crippen LogP contribution is -2.06. The summed E-state index contributed by atoms with van der Waals surface area (Å²) in [4.78, 5) is 0.374. The van der Waals surface area contributed by atoms with Crippen LogP contribution < -0.4 is 4.74 Å². The SMILES string of the molecule is COc1cccc(S(=O)(=O)C2CC2)c1. The van der Waals surface area contributed by atoms with Gasteiger partial charge in [0.25, 0.3) is 0 Å². The molecule has 1 aromatic carbocycles. The van der Waals surface area contributed by atoms with E-state index in [-0.39, 0.29) is 5.25 Å². The second-order valence-corrected chi connectivity index (χ2v) is 5.65. The van der Waals surface area contributed by atoms with Crippen LogP contribution in [0.4, 0.5) is 0 Å². The summed E-state index contributed by atoms with van der Waals surface area (Å²) in [6.45, 7) is 0. The molecule has 76 valence electrons. The molecule has 2 rings (SSSR count). The van der Waals surface area contributed by atoms with Gasteiger partial charge in [-0.05, 0) is 31.0 Å². The van der Waals surface area contributed by atoms with Gasteiger partial charge in [-0.1, -0.05) is 6.07 Å². The number of methoxy groups -OCH3 is 1. The molecule has 0 heterocycles. The number of rotatable bonds is 3. The lowest BCUT2D eigenvalue weighted by molar-refractivity contribution is 0.413. The van der Waals surface area contributed by atoms with Crippen LogP contribution in [0, 0.1) is 0 Å². The van der Waals surface area contributed by atoms with Gasteiger partial charge in [0.15, 0.2) is 9.84 Å². The number of hydrogen-bond acceptors (Lipinski definition) is 3. The predicted octanol–water partition coefficient (Wildman–Crippen LogP) is 1.63. The molecular weight excluding hydrogens is 200 g/mol. The van der Waals surface area contributed by atoms with Crippen LogP contribution in [0.1, 0.15) is 12.8 Å². The number of benzene rings is 1. The fourth-order valence-electron chi connectivity index (χ4n) is 1.35. The van der Waals surface area contributed by atoms with E-state index in [1.54, 1.807) is 24.3 Å². The summed E-state index contributed by atoms with van der Waals surface area (Å²) in [5.74, 6) is 0.590. The molecule has 1 aliphatic rings. The first-order valence-corrected chi connectivity index (χ1v) is 6.07. The van der Waals surface area contributed by atoms with Crippen LogP contribution in [-0.2, 0) is 9.84 Å². The predicted molar refractivity (Wildman–Crippen MR) is 53.2 cm³/mol. The molecule has 0 saturated heterocycles. The highest BCUT2D eigenvalue weighted by molar-refractivity contribution is 7.92. The standard InChI is InChI=1S/C10H12O3S/c1-13-8-3-2-4-10(7-8)14(11,12)9-5-6-9/h2-4,7,9H,5-6H2,1H3. The van der Waals surface area contributed by atoms with Gasteiger partial charge in [-0.25, -0.2) is 8.42 Å². The van der Waals surface area contributed by atoms with Gasteiger partial charge in [0.1, 0.15) is 5.75 Å². The molecule has 0 radical (unpaired) electrons. The summed E-state index contributed by atoms with van der Waals surface area (Å²) in [7, 11) is -1.55. The fourth-order valence-corrected chi connectivity index (χ4v) is 3.04. The molecular formula is C10H12O3S. The van der Waals surface area contributed by atoms with Crippen molar-refractivity contribution in [1.82, 2.24) is 0 Å². The maximum atomic E-state index is 11.8. The maximum absolute atomic E-state index is 11.8. The number of sulfone groups is 1. The Balaban J connectivity index is 2.40. The van der Waals surface area contributed by atoms with E-state index in [9.17, 15) is 8.42 Å². The Morgan fingerprint density at radius 1 is 1.36 bits per heavy atom. The molecule has 0 amide bonds. The van der Waals surface area contributed by atoms with Crippen LogP contribution >= 0.6 is 0 Å². The fraction of sp³-hybridized carbons (Fsp3) is 0.400. The molecule has 0 N–H and O–H groups in total. The van der Waals surface area contributed by atoms with Crippen molar-refractivity contribution in [3.8, 4) is 5.75 Å². The largest absolute Gasteiger partial charge is 0.497 e. The lowest BCUT2D eigenvalue weighted by atomic mass is 10.3. The van der Waals surface area contributed by atoms with E-state index in [0.717, 1.165) is 12.8 Å². The minimum atomic E-state index is -3.08. The molecule has 1 fully saturated rings. The zero-order chi connectivity index (χ0) is 10.2. The molecule has 4 heteroatoms. The van der Waals surface area contributed by atoms with E-state index < -0.39 is 9.84 Å². The van der Waals surface area contributed by atoms with Crippen LogP contribution in [0.2, 0.25) is 0 Å². The Hall–Kier alpha value is -1.03. The van der Waals surface area contributed by atoms with E-state index in [0.29, 0.717) is 10.6 Å². The van der Waals surface area contributed by atoms with Crippen LogP contribution in [-0.4, -0.2) is 20.8 Å². The minimum absolute atomic E-state index is 0.158. The molecule has 0 atom stereocenters. The van der Waals surface area contributed by atoms with Gasteiger partial charge in [0.05, 0.1) is 17.3 Å². The van der Waals surface area contributed by atoms with E-state index in [1.807, 2.05) is 0 Å². The van der Waals surface area contributed by atoms with Crippen molar-refractivity contribution in [1.29, 1.82) is 0 Å². The maximum Gasteiger partial charge on any atom is 0.181 e. The summed E-state index contributed by atoms with van der Waals surface area (Å²) in [5, 5.41) is -0.158. The van der Waals surface area contributed by atoms with Gasteiger partial charge >= 0.3 is 0 Å². The van der Waals surface area contributed by atoms with Gasteiger partial charge in [-0.2, -0.15) is 0 Å². The Labute approximate surface area is 83.6 Å². The summed E-state index contributed by atoms with van der Waals surface area (Å²) in [6, 6.07) is 6.64. The van der Waals surface area contributed by atoms with Crippen molar-refractivity contribution in [3.63, 3.8) is 0 Å². The lowest BCUT2D eigenvalue weighted by Gasteiger charge is -2.04. The number of hydrogen-bond donors (Lipinski definition) is 0. The molecule has 3 nitrogen and oxygen atoms in total. The van der Waals surface area contributed by atoms with Gasteiger partial charge in [0, 0.05) is 0 Å². The van der Waals surface area contributed by atoms with E-state index >= 15 is 0 Å². The molecule has 0 spiro atoms. The third-order valence-corrected chi connectivity index (χ3v) is 4.59. The average molecular weight is 212 g/mol. The van der Waals surface area contributed by atoms with Gasteiger partial charge < -0.3 is 4.74 Å². The summed E-state index contributed by atoms with van der Waals surface area (Å²) >= 11 is 0. The van der Waals surface area contributed by atoms with Crippen molar-refractivity contribution in [2.45, 2.75) is 23.0 Å². The first-order valence-electron chi connectivity index (χ1n) is 4.52. The van der Waals surface area contributed by atoms with Crippen molar-refractivity contribution in [2.75, 3.05) is 7.11 Å². The van der Waals surface area contributed by atoms with Crippen LogP contribution in [0.25, 0.3) is 0 Å². The van der Waals surface area contributed by atoms with Crippen molar-refractivity contribution in [2.24, 2.45) is 0 Å². The Morgan fingerprint density at radius 2 is 2.07 bits per heavy atom. The van der Waals surface area contributed by atoms with E-state index in [1.165, 1.54) is 7.11 Å². The highest BCUT2D eigenvalue weighted by Crippen LogP contribution is 2.34. The third kappa shape index (κ3) is 1.62. The molecule has 0 aliphatic heterocycles. The van der Waals surface area contributed by atoms with Gasteiger partial charge in [-0.15, -0.1) is 0 Å². The topological polar surface area (TPSA) is 43.4 Å². The summed E-state index contributed by atoms with van der Waals surface area (Å²) < 4.78 is 28.6. The van der Waals surface area contributed by atoms with Crippen molar-refractivity contribution in [3.05, 3.63) is 24.3 Å². The molecule has 1 aromatic rings. The van der Waals surface area contributed by atoms with Gasteiger partial charge in [-0.3, -0.25) is 0 Å². The summed E-state index contributed by atoms with van der Waals surface area (Å²) in [5.41, 5.74) is 0. The Morgan fingerprint density at radius 3 is 2.64 bits per heavy atom. The Kier molecular flexibility index (Phi) is 2.23. The highest BCUT2D eigenvalue weighted by Gasteiger charge is 2.36. The average Bonchev–Trinajstić information content (AvgIpc) is 3.01. The first-order chi connectivity index (χ1) is 6.64. The van der Waals surface area contributed by atoms with E-state index in [2.05, 4.69) is 0 Å². The molecule has 0 aromatic heterocycles. The molecule has 14 heavy (non-hydrogen) atoms. The highest BCUT2D eigenvalue weighted by atomic mass is 32.2. The molecule has 0 unspecified atom stereocenters. The normalized spacial score (nSPS) is 16.6. The van der Waals surface area contributed by atoms with Crippen LogP contribution in [0.15, 0.2) is 29.2 Å². The van der Waals surface area contributed by atoms with Gasteiger partial charge in [0.2, 0.25) is 0 Å². The quantitative estimate of drug-likeness (QED) is 0.764. The van der Waals surface area contributed by atoms with Crippen molar-refractivity contribution < 1.29 is 13.2 Å². The zero-order valence-electron chi connectivity index (χ0n) is 7.93.